The number of nitrogens with zero attached hydrogens (tertiary/aromatic N) is 3. The summed E-state index contributed by atoms with van der Waals surface area (Å²) in [4.78, 5) is 13.4. The molecule has 2 aromatic carbocycles. The van der Waals surface area contributed by atoms with E-state index in [9.17, 15) is 18.5 Å². The molecule has 3 aromatic rings. The molecule has 30 heavy (non-hydrogen) atoms. The van der Waals surface area contributed by atoms with Gasteiger partial charge in [-0.2, -0.15) is 10.4 Å². The summed E-state index contributed by atoms with van der Waals surface area (Å²) in [6, 6.07) is 15.5. The molecule has 150 valence electrons. The van der Waals surface area contributed by atoms with Gasteiger partial charge in [-0.25, -0.2) is 8.42 Å². The fourth-order valence-electron chi connectivity index (χ4n) is 4.89. The topological polar surface area (TPSA) is 92.8 Å². The van der Waals surface area contributed by atoms with E-state index in [1.54, 1.807) is 36.0 Å². The van der Waals surface area contributed by atoms with E-state index in [0.717, 1.165) is 36.1 Å². The summed E-state index contributed by atoms with van der Waals surface area (Å²) in [6.45, 7) is 0. The predicted octanol–water partition coefficient (Wildman–Crippen LogP) is 3.42. The van der Waals surface area contributed by atoms with E-state index >= 15 is 0 Å². The maximum Gasteiger partial charge on any atom is 0.216 e. The molecule has 0 bridgehead atoms. The van der Waals surface area contributed by atoms with Gasteiger partial charge in [0.15, 0.2) is 0 Å². The molecule has 2 unspecified atom stereocenters. The predicted molar refractivity (Wildman–Crippen MR) is 111 cm³/mol. The maximum atomic E-state index is 13.4. The van der Waals surface area contributed by atoms with E-state index < -0.39 is 20.9 Å². The van der Waals surface area contributed by atoms with Gasteiger partial charge in [0, 0.05) is 24.1 Å². The Morgan fingerprint density at radius 3 is 2.67 bits per heavy atom. The zero-order chi connectivity index (χ0) is 21.0. The normalized spacial score (nSPS) is 17.7. The van der Waals surface area contributed by atoms with E-state index in [1.807, 2.05) is 12.1 Å². The summed E-state index contributed by atoms with van der Waals surface area (Å²) in [5.74, 6) is -0.732. The van der Waals surface area contributed by atoms with Gasteiger partial charge in [-0.3, -0.25) is 9.48 Å². The highest BCUT2D eigenvalue weighted by molar-refractivity contribution is 7.93. The second-order valence-electron chi connectivity index (χ2n) is 7.79. The Morgan fingerprint density at radius 2 is 1.93 bits per heavy atom. The van der Waals surface area contributed by atoms with Crippen LogP contribution in [0.5, 0.6) is 0 Å². The Morgan fingerprint density at radius 1 is 1.17 bits per heavy atom. The number of benzene rings is 2. The van der Waals surface area contributed by atoms with Crippen molar-refractivity contribution >= 4 is 15.6 Å². The van der Waals surface area contributed by atoms with Crippen molar-refractivity contribution < 1.29 is 13.2 Å². The highest BCUT2D eigenvalue weighted by Gasteiger charge is 2.43. The van der Waals surface area contributed by atoms with Crippen molar-refractivity contribution in [1.29, 1.82) is 5.26 Å². The molecule has 2 aliphatic carbocycles. The molecule has 0 radical (unpaired) electrons. The second kappa shape index (κ2) is 6.64. The van der Waals surface area contributed by atoms with E-state index in [1.165, 1.54) is 23.3 Å². The van der Waals surface area contributed by atoms with Crippen molar-refractivity contribution in [2.24, 2.45) is 7.05 Å². The number of fused-ring (bicyclic) bond motifs is 3. The molecule has 0 saturated heterocycles. The first-order chi connectivity index (χ1) is 14.4. The lowest BCUT2D eigenvalue weighted by atomic mass is 9.81. The lowest BCUT2D eigenvalue weighted by molar-refractivity contribution is 0.0994. The molecular formula is C23H19N3O3S. The van der Waals surface area contributed by atoms with Crippen LogP contribution in [0.25, 0.3) is 11.3 Å². The number of aryl methyl sites for hydroxylation is 2. The van der Waals surface area contributed by atoms with E-state index in [0.29, 0.717) is 0 Å². The minimum atomic E-state index is -4.15. The number of hydrogen-bond donors (Lipinski definition) is 0. The molecule has 2 atom stereocenters. The Balaban J connectivity index is 1.65. The Bertz CT molecular complexity index is 1330. The van der Waals surface area contributed by atoms with Crippen LogP contribution in [-0.4, -0.2) is 29.2 Å². The third-order valence-electron chi connectivity index (χ3n) is 6.14. The summed E-state index contributed by atoms with van der Waals surface area (Å²) >= 11 is 0. The fourth-order valence-corrected chi connectivity index (χ4v) is 6.23. The van der Waals surface area contributed by atoms with Crippen LogP contribution < -0.4 is 0 Å². The molecule has 5 rings (SSSR count). The average Bonchev–Trinajstić information content (AvgIpc) is 3.27. The highest BCUT2D eigenvalue weighted by Crippen LogP contribution is 2.52. The molecule has 0 fully saturated rings. The van der Waals surface area contributed by atoms with Gasteiger partial charge in [-0.1, -0.05) is 36.4 Å². The van der Waals surface area contributed by atoms with E-state index in [4.69, 9.17) is 0 Å². The van der Waals surface area contributed by atoms with Crippen LogP contribution in [0.1, 0.15) is 45.9 Å². The van der Waals surface area contributed by atoms with Crippen molar-refractivity contribution in [2.75, 3.05) is 0 Å². The van der Waals surface area contributed by atoms with Gasteiger partial charge in [-0.05, 0) is 42.5 Å². The van der Waals surface area contributed by atoms with Crippen LogP contribution >= 0.6 is 0 Å². The molecule has 1 heterocycles. The smallest absolute Gasteiger partial charge is 0.216 e. The number of hydrogen-bond acceptors (Lipinski definition) is 5. The third kappa shape index (κ3) is 2.50. The Kier molecular flexibility index (Phi) is 4.16. The number of Topliss-reactive ketones (excluding diaryl/α,β-unsaturated/α-hetero) is 1. The number of sulfone groups is 1. The summed E-state index contributed by atoms with van der Waals surface area (Å²) in [6.07, 6.45) is 2.87. The van der Waals surface area contributed by atoms with Crippen molar-refractivity contribution in [3.05, 3.63) is 70.9 Å². The fraction of sp³-hybridized carbons (Fsp3) is 0.261. The minimum absolute atomic E-state index is 0.0198. The maximum absolute atomic E-state index is 13.4. The summed E-state index contributed by atoms with van der Waals surface area (Å²) in [7, 11) is -2.39. The minimum Gasteiger partial charge on any atom is -0.290 e. The van der Waals surface area contributed by atoms with Crippen LogP contribution in [0.4, 0.5) is 0 Å². The number of ketones is 1. The molecule has 7 heteroatoms. The van der Waals surface area contributed by atoms with Crippen molar-refractivity contribution in [3.8, 4) is 17.3 Å². The number of nitriles is 1. The van der Waals surface area contributed by atoms with Crippen LogP contribution in [-0.2, 0) is 23.3 Å². The quantitative estimate of drug-likeness (QED) is 0.607. The molecule has 0 saturated carbocycles. The van der Waals surface area contributed by atoms with Gasteiger partial charge >= 0.3 is 0 Å². The van der Waals surface area contributed by atoms with Gasteiger partial charge < -0.3 is 0 Å². The molecule has 1 aromatic heterocycles. The van der Waals surface area contributed by atoms with Gasteiger partial charge in [0.05, 0.1) is 16.7 Å². The summed E-state index contributed by atoms with van der Waals surface area (Å²) < 4.78 is 27.7. The monoisotopic (exact) mass is 417 g/mol. The molecule has 0 amide bonds. The largest absolute Gasteiger partial charge is 0.290 e. The van der Waals surface area contributed by atoms with Gasteiger partial charge in [0.1, 0.15) is 5.69 Å². The van der Waals surface area contributed by atoms with Gasteiger partial charge in [0.2, 0.25) is 20.9 Å². The van der Waals surface area contributed by atoms with Crippen LogP contribution in [0.3, 0.4) is 0 Å². The number of carbonyl (C=O) groups is 1. The van der Waals surface area contributed by atoms with E-state index in [2.05, 4.69) is 11.2 Å². The summed E-state index contributed by atoms with van der Waals surface area (Å²) in [5, 5.41) is 12.3. The van der Waals surface area contributed by atoms with Gasteiger partial charge in [-0.15, -0.1) is 0 Å². The first-order valence-corrected chi connectivity index (χ1v) is 11.4. The standard InChI is InChI=1S/C23H19N3O3S/c1-26-22-17-12-6-8-14-7-5-11-16(19(14)17)20(22)21(25-26)23(27)18(13-24)30(28,29)15-9-3-2-4-10-15/h2-4,6,8-10,12,16,18H,5,7,11H2,1H3. The first kappa shape index (κ1) is 18.8. The number of rotatable bonds is 4. The number of aromatic nitrogens is 2. The molecule has 2 aliphatic rings. The second-order valence-corrected chi connectivity index (χ2v) is 9.82. The first-order valence-electron chi connectivity index (χ1n) is 9.87. The van der Waals surface area contributed by atoms with Crippen LogP contribution in [0.2, 0.25) is 0 Å². The lowest BCUT2D eigenvalue weighted by Crippen LogP contribution is -2.30. The van der Waals surface area contributed by atoms with Crippen LogP contribution in [0, 0.1) is 11.3 Å². The zero-order valence-electron chi connectivity index (χ0n) is 16.4. The molecule has 0 spiro atoms. The molecule has 6 nitrogen and oxygen atoms in total. The zero-order valence-corrected chi connectivity index (χ0v) is 17.2. The van der Waals surface area contributed by atoms with Crippen molar-refractivity contribution in [1.82, 2.24) is 9.78 Å². The lowest BCUT2D eigenvalue weighted by Gasteiger charge is -2.22. The third-order valence-corrected chi connectivity index (χ3v) is 8.01. The van der Waals surface area contributed by atoms with Gasteiger partial charge in [0.25, 0.3) is 0 Å². The van der Waals surface area contributed by atoms with Crippen LogP contribution in [0.15, 0.2) is 53.4 Å². The molecule has 0 aliphatic heterocycles. The SMILES string of the molecule is Cn1nc(C(=O)C(C#N)S(=O)(=O)c2ccccc2)c2c1-c1cccc3c1C2CCC3. The highest BCUT2D eigenvalue weighted by atomic mass is 32.2. The van der Waals surface area contributed by atoms with Crippen molar-refractivity contribution in [2.45, 2.75) is 35.3 Å². The van der Waals surface area contributed by atoms with Crippen molar-refractivity contribution in [3.63, 3.8) is 0 Å². The van der Waals surface area contributed by atoms with E-state index in [-0.39, 0.29) is 16.5 Å². The Hall–Kier alpha value is -3.24. The summed E-state index contributed by atoms with van der Waals surface area (Å²) in [5.41, 5.74) is 5.28. The molecule has 0 N–H and O–H groups in total. The Labute approximate surface area is 174 Å². The average molecular weight is 417 g/mol. The number of carbonyl (C=O) groups excluding carboxylic acids is 1. The molecular weight excluding hydrogens is 398 g/mol.